The number of nitrogens with one attached hydrogen (secondary N) is 2. The van der Waals surface area contributed by atoms with E-state index in [1.54, 1.807) is 69.1 Å². The van der Waals surface area contributed by atoms with Gasteiger partial charge in [-0.05, 0) is 42.0 Å². The minimum atomic E-state index is -0.495. The molecule has 0 aliphatic rings. The van der Waals surface area contributed by atoms with Gasteiger partial charge in [0.2, 0.25) is 5.91 Å². The van der Waals surface area contributed by atoms with E-state index in [0.29, 0.717) is 29.3 Å². The highest BCUT2D eigenvalue weighted by Crippen LogP contribution is 2.24. The van der Waals surface area contributed by atoms with Gasteiger partial charge in [-0.3, -0.25) is 14.6 Å². The minimum absolute atomic E-state index is 0.112. The van der Waals surface area contributed by atoms with E-state index in [2.05, 4.69) is 15.6 Å². The first-order valence-corrected chi connectivity index (χ1v) is 10.0. The number of amides is 2. The van der Waals surface area contributed by atoms with Gasteiger partial charge >= 0.3 is 0 Å². The zero-order valence-electron chi connectivity index (χ0n) is 18.0. The van der Waals surface area contributed by atoms with Crippen molar-refractivity contribution in [3.8, 4) is 11.5 Å². The molecule has 0 saturated carbocycles. The van der Waals surface area contributed by atoms with Crippen molar-refractivity contribution in [2.75, 3.05) is 19.5 Å². The summed E-state index contributed by atoms with van der Waals surface area (Å²) in [6, 6.07) is 15.2. The summed E-state index contributed by atoms with van der Waals surface area (Å²) >= 11 is 0. The molecule has 32 heavy (non-hydrogen) atoms. The zero-order valence-corrected chi connectivity index (χ0v) is 18.0. The number of ether oxygens (including phenoxy) is 2. The Morgan fingerprint density at radius 2 is 1.72 bits per heavy atom. The Bertz CT molecular complexity index is 1060. The van der Waals surface area contributed by atoms with Crippen LogP contribution in [0.3, 0.4) is 0 Å². The van der Waals surface area contributed by atoms with E-state index in [0.717, 1.165) is 11.1 Å². The van der Waals surface area contributed by atoms with Crippen LogP contribution >= 0.6 is 0 Å². The lowest BCUT2D eigenvalue weighted by Gasteiger charge is -2.14. The maximum Gasteiger partial charge on any atom is 0.255 e. The maximum atomic E-state index is 12.4. The summed E-state index contributed by atoms with van der Waals surface area (Å²) in [6.07, 6.45) is 3.32. The zero-order chi connectivity index (χ0) is 22.9. The Hall–Kier alpha value is -3.91. The Morgan fingerprint density at radius 1 is 1.00 bits per heavy atom. The third kappa shape index (κ3) is 6.05. The van der Waals surface area contributed by atoms with E-state index >= 15 is 0 Å². The highest BCUT2D eigenvalue weighted by Gasteiger charge is 2.14. The van der Waals surface area contributed by atoms with Crippen molar-refractivity contribution in [1.82, 2.24) is 10.3 Å². The van der Waals surface area contributed by atoms with E-state index in [1.165, 1.54) is 0 Å². The van der Waals surface area contributed by atoms with Gasteiger partial charge in [-0.25, -0.2) is 0 Å². The molecule has 1 heterocycles. The number of anilines is 1. The average Bonchev–Trinajstić information content (AvgIpc) is 2.83. The van der Waals surface area contributed by atoms with Crippen molar-refractivity contribution in [1.29, 1.82) is 0 Å². The smallest absolute Gasteiger partial charge is 0.255 e. The highest BCUT2D eigenvalue weighted by molar-refractivity contribution is 6.04. The molecule has 1 atom stereocenters. The molecule has 3 rings (SSSR count). The second kappa shape index (κ2) is 10.9. The number of hydrogen-bond donors (Lipinski definition) is 3. The first-order valence-electron chi connectivity index (χ1n) is 10.0. The van der Waals surface area contributed by atoms with Crippen molar-refractivity contribution < 1.29 is 19.1 Å². The van der Waals surface area contributed by atoms with E-state index in [4.69, 9.17) is 15.2 Å². The molecule has 166 valence electrons. The highest BCUT2D eigenvalue weighted by atomic mass is 16.5. The molecule has 3 aromatic rings. The molecule has 0 bridgehead atoms. The van der Waals surface area contributed by atoms with Crippen LogP contribution in [0.1, 0.15) is 33.9 Å². The monoisotopic (exact) mass is 434 g/mol. The van der Waals surface area contributed by atoms with E-state index in [9.17, 15) is 9.59 Å². The molecule has 8 nitrogen and oxygen atoms in total. The lowest BCUT2D eigenvalue weighted by molar-refractivity contribution is -0.121. The summed E-state index contributed by atoms with van der Waals surface area (Å²) < 4.78 is 10.5. The number of nitrogens with zero attached hydrogens (tertiary/aromatic N) is 1. The second-order valence-electron chi connectivity index (χ2n) is 7.08. The van der Waals surface area contributed by atoms with E-state index < -0.39 is 6.04 Å². The molecule has 2 amide bonds. The molecule has 1 unspecified atom stereocenters. The number of aromatic nitrogens is 1. The van der Waals surface area contributed by atoms with Gasteiger partial charge in [0.25, 0.3) is 5.91 Å². The lowest BCUT2D eigenvalue weighted by Crippen LogP contribution is -2.27. The molecule has 0 spiro atoms. The average molecular weight is 434 g/mol. The molecule has 1 aromatic heterocycles. The van der Waals surface area contributed by atoms with Crippen LogP contribution in [0.15, 0.2) is 67.0 Å². The van der Waals surface area contributed by atoms with Crippen LogP contribution in [0.4, 0.5) is 5.69 Å². The largest absolute Gasteiger partial charge is 0.497 e. The topological polar surface area (TPSA) is 116 Å². The van der Waals surface area contributed by atoms with Crippen LogP contribution in [0.2, 0.25) is 0 Å². The van der Waals surface area contributed by atoms with Gasteiger partial charge in [-0.2, -0.15) is 0 Å². The fraction of sp³-hybridized carbons (Fsp3) is 0.208. The quantitative estimate of drug-likeness (QED) is 0.477. The van der Waals surface area contributed by atoms with Gasteiger partial charge in [0, 0.05) is 54.3 Å². The molecular weight excluding hydrogens is 408 g/mol. The third-order valence-corrected chi connectivity index (χ3v) is 4.91. The minimum Gasteiger partial charge on any atom is -0.497 e. The molecule has 0 aliphatic carbocycles. The van der Waals surface area contributed by atoms with Crippen molar-refractivity contribution >= 4 is 17.5 Å². The number of carbonyl (C=O) groups excluding carboxylic acids is 2. The Balaban J connectivity index is 1.53. The summed E-state index contributed by atoms with van der Waals surface area (Å²) in [6.45, 7) is 0.312. The van der Waals surface area contributed by atoms with E-state index in [1.807, 2.05) is 12.1 Å². The molecule has 0 aliphatic heterocycles. The van der Waals surface area contributed by atoms with Crippen molar-refractivity contribution in [2.45, 2.75) is 19.0 Å². The van der Waals surface area contributed by atoms with Gasteiger partial charge in [-0.15, -0.1) is 0 Å². The third-order valence-electron chi connectivity index (χ3n) is 4.91. The fourth-order valence-electron chi connectivity index (χ4n) is 3.10. The van der Waals surface area contributed by atoms with Gasteiger partial charge in [-0.1, -0.05) is 12.1 Å². The Labute approximate surface area is 186 Å². The first-order chi connectivity index (χ1) is 15.5. The predicted molar refractivity (Wildman–Crippen MR) is 122 cm³/mol. The summed E-state index contributed by atoms with van der Waals surface area (Å²) in [5.74, 6) is 0.892. The SMILES string of the molecule is COc1ccc(CNC(=O)CC(N)c2ccc(C(=O)Nc3ccncc3)cc2)c(OC)c1. The molecule has 0 saturated heterocycles. The van der Waals surface area contributed by atoms with Crippen LogP contribution in [0.25, 0.3) is 0 Å². The number of methoxy groups -OCH3 is 2. The number of hydrogen-bond acceptors (Lipinski definition) is 6. The van der Waals surface area contributed by atoms with Crippen LogP contribution in [-0.4, -0.2) is 31.0 Å². The summed E-state index contributed by atoms with van der Waals surface area (Å²) in [5, 5.41) is 5.66. The molecule has 0 fully saturated rings. The van der Waals surface area contributed by atoms with Crippen LogP contribution in [0.5, 0.6) is 11.5 Å². The fourth-order valence-corrected chi connectivity index (χ4v) is 3.10. The maximum absolute atomic E-state index is 12.4. The molecule has 2 aromatic carbocycles. The van der Waals surface area contributed by atoms with Crippen molar-refractivity contribution in [3.05, 3.63) is 83.7 Å². The van der Waals surface area contributed by atoms with Gasteiger partial charge < -0.3 is 25.8 Å². The normalized spacial score (nSPS) is 11.3. The summed E-state index contributed by atoms with van der Waals surface area (Å²) in [7, 11) is 3.15. The van der Waals surface area contributed by atoms with Crippen LogP contribution in [-0.2, 0) is 11.3 Å². The number of benzene rings is 2. The Kier molecular flexibility index (Phi) is 7.77. The molecule has 4 N–H and O–H groups in total. The van der Waals surface area contributed by atoms with Gasteiger partial charge in [0.05, 0.1) is 14.2 Å². The summed E-state index contributed by atoms with van der Waals surface area (Å²) in [5.41, 5.74) is 8.96. The van der Waals surface area contributed by atoms with Crippen LogP contribution in [0, 0.1) is 0 Å². The lowest BCUT2D eigenvalue weighted by atomic mass is 10.0. The number of rotatable bonds is 9. The van der Waals surface area contributed by atoms with E-state index in [-0.39, 0.29) is 18.2 Å². The predicted octanol–water partition coefficient (Wildman–Crippen LogP) is 3.06. The molecule has 8 heteroatoms. The summed E-state index contributed by atoms with van der Waals surface area (Å²) in [4.78, 5) is 28.6. The second-order valence-corrected chi connectivity index (χ2v) is 7.08. The van der Waals surface area contributed by atoms with Gasteiger partial charge in [0.1, 0.15) is 11.5 Å². The number of carbonyl (C=O) groups is 2. The van der Waals surface area contributed by atoms with Gasteiger partial charge in [0.15, 0.2) is 0 Å². The molecular formula is C24H26N4O4. The number of pyridine rings is 1. The number of nitrogens with two attached hydrogens (primary N) is 1. The van der Waals surface area contributed by atoms with Crippen molar-refractivity contribution in [3.63, 3.8) is 0 Å². The standard InChI is InChI=1S/C24H26N4O4/c1-31-20-8-7-18(22(13-20)32-2)15-27-23(29)14-21(25)16-3-5-17(6-4-16)24(30)28-19-9-11-26-12-10-19/h3-13,21H,14-15,25H2,1-2H3,(H,27,29)(H,26,28,30). The van der Waals surface area contributed by atoms with Crippen molar-refractivity contribution in [2.24, 2.45) is 5.73 Å². The Morgan fingerprint density at radius 3 is 2.38 bits per heavy atom. The first kappa shape index (κ1) is 22.8. The van der Waals surface area contributed by atoms with Crippen LogP contribution < -0.4 is 25.8 Å². The molecule has 0 radical (unpaired) electrons.